The third-order valence-electron chi connectivity index (χ3n) is 3.01. The van der Waals surface area contributed by atoms with Crippen LogP contribution in [0.4, 0.5) is 0 Å². The van der Waals surface area contributed by atoms with E-state index in [1.54, 1.807) is 24.5 Å². The highest BCUT2D eigenvalue weighted by atomic mass is 16.5. The third-order valence-corrected chi connectivity index (χ3v) is 3.01. The van der Waals surface area contributed by atoms with Crippen LogP contribution in [-0.2, 0) is 6.54 Å². The topological polar surface area (TPSA) is 111 Å². The van der Waals surface area contributed by atoms with Gasteiger partial charge in [-0.25, -0.2) is 9.48 Å². The molecule has 0 unspecified atom stereocenters. The Balaban J connectivity index is 2.22. The van der Waals surface area contributed by atoms with Crippen molar-refractivity contribution in [2.24, 2.45) is 0 Å². The zero-order chi connectivity index (χ0) is 15.0. The minimum absolute atomic E-state index is 0.0382. The molecule has 0 radical (unpaired) electrons. The van der Waals surface area contributed by atoms with Crippen LogP contribution in [0.3, 0.4) is 0 Å². The molecule has 0 aliphatic heterocycles. The number of fused-ring (bicyclic) bond motifs is 1. The van der Waals surface area contributed by atoms with E-state index >= 15 is 0 Å². The first-order chi connectivity index (χ1) is 10.1. The highest BCUT2D eigenvalue weighted by Crippen LogP contribution is 2.17. The molecule has 0 atom stereocenters. The summed E-state index contributed by atoms with van der Waals surface area (Å²) in [5, 5.41) is 16.9. The summed E-state index contributed by atoms with van der Waals surface area (Å²) >= 11 is 0. The van der Waals surface area contributed by atoms with Crippen molar-refractivity contribution in [2.45, 2.75) is 13.5 Å². The zero-order valence-electron chi connectivity index (χ0n) is 11.0. The van der Waals surface area contributed by atoms with Gasteiger partial charge >= 0.3 is 5.97 Å². The van der Waals surface area contributed by atoms with Crippen molar-refractivity contribution < 1.29 is 14.4 Å². The number of rotatable bonds is 3. The molecule has 1 N–H and O–H groups in total. The predicted octanol–water partition coefficient (Wildman–Crippen LogP) is 0.834. The molecule has 0 bridgehead atoms. The molecule has 0 aromatic carbocycles. The van der Waals surface area contributed by atoms with Gasteiger partial charge in [0.05, 0.1) is 11.9 Å². The second kappa shape index (κ2) is 4.82. The Morgan fingerprint density at radius 2 is 2.29 bits per heavy atom. The Bertz CT molecular complexity index is 882. The molecule has 0 saturated heterocycles. The summed E-state index contributed by atoms with van der Waals surface area (Å²) in [6.07, 6.45) is 3.18. The van der Waals surface area contributed by atoms with Crippen molar-refractivity contribution >= 4 is 16.9 Å². The monoisotopic (exact) mass is 286 g/mol. The third kappa shape index (κ3) is 2.16. The van der Waals surface area contributed by atoms with E-state index in [0.717, 1.165) is 10.2 Å². The fourth-order valence-corrected chi connectivity index (χ4v) is 2.06. The summed E-state index contributed by atoms with van der Waals surface area (Å²) in [6, 6.07) is 3.48. The molecule has 8 nitrogen and oxygen atoms in total. The molecular weight excluding hydrogens is 276 g/mol. The fraction of sp³-hybridized carbons (Fsp3) is 0.154. The maximum Gasteiger partial charge on any atom is 0.357 e. The number of carbonyl (C=O) groups is 1. The number of aryl methyl sites for hydroxylation is 1. The van der Waals surface area contributed by atoms with E-state index in [-0.39, 0.29) is 28.9 Å². The van der Waals surface area contributed by atoms with Gasteiger partial charge in [0.2, 0.25) is 0 Å². The number of nitrogens with zero attached hydrogens (tertiary/aromatic N) is 4. The first kappa shape index (κ1) is 13.0. The normalized spacial score (nSPS) is 10.9. The standard InChI is InChI=1S/C13H10N4O4/c1-7-9-10(16-21-7)12(18)17(15-11(9)13(19)20)6-8-3-2-4-14-5-8/h2-5H,6H2,1H3,(H,19,20). The molecule has 0 spiro atoms. The number of carboxylic acid groups (broad SMARTS) is 1. The van der Waals surface area contributed by atoms with Crippen LogP contribution in [0.15, 0.2) is 33.8 Å². The van der Waals surface area contributed by atoms with Crippen LogP contribution < -0.4 is 5.56 Å². The van der Waals surface area contributed by atoms with Gasteiger partial charge in [0.1, 0.15) is 5.76 Å². The lowest BCUT2D eigenvalue weighted by atomic mass is 10.2. The van der Waals surface area contributed by atoms with Gasteiger partial charge in [0, 0.05) is 12.4 Å². The van der Waals surface area contributed by atoms with E-state index in [1.165, 1.54) is 6.92 Å². The Morgan fingerprint density at radius 3 is 2.95 bits per heavy atom. The Labute approximate surface area is 117 Å². The number of pyridine rings is 1. The minimum atomic E-state index is -1.24. The number of hydrogen-bond donors (Lipinski definition) is 1. The van der Waals surface area contributed by atoms with Crippen LogP contribution in [-0.4, -0.2) is 31.0 Å². The van der Waals surface area contributed by atoms with Gasteiger partial charge in [-0.3, -0.25) is 9.78 Å². The highest BCUT2D eigenvalue weighted by Gasteiger charge is 2.21. The number of carboxylic acids is 1. The lowest BCUT2D eigenvalue weighted by molar-refractivity contribution is 0.0690. The molecule has 21 heavy (non-hydrogen) atoms. The molecule has 3 heterocycles. The van der Waals surface area contributed by atoms with E-state index in [9.17, 15) is 14.7 Å². The van der Waals surface area contributed by atoms with E-state index in [0.29, 0.717) is 0 Å². The van der Waals surface area contributed by atoms with Crippen LogP contribution in [0.5, 0.6) is 0 Å². The van der Waals surface area contributed by atoms with Crippen molar-refractivity contribution in [1.29, 1.82) is 0 Å². The Hall–Kier alpha value is -3.03. The largest absolute Gasteiger partial charge is 0.476 e. The lowest BCUT2D eigenvalue weighted by Gasteiger charge is -2.05. The Morgan fingerprint density at radius 1 is 1.48 bits per heavy atom. The van der Waals surface area contributed by atoms with Gasteiger partial charge in [0.15, 0.2) is 11.2 Å². The van der Waals surface area contributed by atoms with Crippen molar-refractivity contribution in [1.82, 2.24) is 19.9 Å². The average molecular weight is 286 g/mol. The molecule has 3 aromatic rings. The number of aromatic nitrogens is 4. The summed E-state index contributed by atoms with van der Waals surface area (Å²) in [6.45, 7) is 1.64. The van der Waals surface area contributed by atoms with E-state index < -0.39 is 11.5 Å². The quantitative estimate of drug-likeness (QED) is 0.759. The molecule has 3 rings (SSSR count). The van der Waals surface area contributed by atoms with Crippen LogP contribution in [0.1, 0.15) is 21.8 Å². The van der Waals surface area contributed by atoms with Crippen LogP contribution in [0.25, 0.3) is 10.9 Å². The summed E-state index contributed by atoms with van der Waals surface area (Å²) in [4.78, 5) is 27.5. The molecular formula is C13H10N4O4. The van der Waals surface area contributed by atoms with Crippen molar-refractivity contribution in [3.05, 3.63) is 51.9 Å². The van der Waals surface area contributed by atoms with Crippen molar-refractivity contribution in [3.8, 4) is 0 Å². The van der Waals surface area contributed by atoms with Crippen LogP contribution in [0, 0.1) is 6.92 Å². The Kier molecular flexibility index (Phi) is 2.98. The lowest BCUT2D eigenvalue weighted by Crippen LogP contribution is -2.26. The minimum Gasteiger partial charge on any atom is -0.476 e. The summed E-state index contributed by atoms with van der Waals surface area (Å²) in [5.74, 6) is -0.994. The molecule has 0 aliphatic carbocycles. The van der Waals surface area contributed by atoms with E-state index in [4.69, 9.17) is 4.52 Å². The molecule has 106 valence electrons. The predicted molar refractivity (Wildman–Crippen MR) is 71.1 cm³/mol. The van der Waals surface area contributed by atoms with E-state index in [1.807, 2.05) is 0 Å². The summed E-state index contributed by atoms with van der Waals surface area (Å²) in [7, 11) is 0. The smallest absolute Gasteiger partial charge is 0.357 e. The first-order valence-electron chi connectivity index (χ1n) is 6.07. The SMILES string of the molecule is Cc1onc2c(=O)n(Cc3cccnc3)nc(C(=O)O)c12. The molecule has 0 fully saturated rings. The van der Waals surface area contributed by atoms with Crippen LogP contribution >= 0.6 is 0 Å². The van der Waals surface area contributed by atoms with E-state index in [2.05, 4.69) is 15.2 Å². The maximum absolute atomic E-state index is 12.3. The summed E-state index contributed by atoms with van der Waals surface area (Å²) in [5.41, 5.74) is -0.0743. The van der Waals surface area contributed by atoms with Gasteiger partial charge in [-0.05, 0) is 18.6 Å². The van der Waals surface area contributed by atoms with Gasteiger partial charge in [-0.2, -0.15) is 5.10 Å². The van der Waals surface area contributed by atoms with Crippen molar-refractivity contribution in [3.63, 3.8) is 0 Å². The maximum atomic E-state index is 12.3. The van der Waals surface area contributed by atoms with Crippen molar-refractivity contribution in [2.75, 3.05) is 0 Å². The van der Waals surface area contributed by atoms with Crippen LogP contribution in [0.2, 0.25) is 0 Å². The number of aromatic carboxylic acids is 1. The number of hydrogen-bond acceptors (Lipinski definition) is 6. The van der Waals surface area contributed by atoms with Gasteiger partial charge in [-0.15, -0.1) is 0 Å². The average Bonchev–Trinajstić information content (AvgIpc) is 2.85. The zero-order valence-corrected chi connectivity index (χ0v) is 11.0. The molecule has 0 saturated carbocycles. The fourth-order valence-electron chi connectivity index (χ4n) is 2.06. The molecule has 0 amide bonds. The highest BCUT2D eigenvalue weighted by molar-refractivity contribution is 6.00. The van der Waals surface area contributed by atoms with Gasteiger partial charge < -0.3 is 9.63 Å². The first-order valence-corrected chi connectivity index (χ1v) is 6.07. The second-order valence-electron chi connectivity index (χ2n) is 4.44. The van der Waals surface area contributed by atoms with Gasteiger partial charge in [-0.1, -0.05) is 11.2 Å². The second-order valence-corrected chi connectivity index (χ2v) is 4.44. The molecule has 8 heteroatoms. The van der Waals surface area contributed by atoms with Gasteiger partial charge in [0.25, 0.3) is 5.56 Å². The molecule has 0 aliphatic rings. The molecule has 3 aromatic heterocycles. The summed E-state index contributed by atoms with van der Waals surface area (Å²) < 4.78 is 5.96.